The zero-order valence-electron chi connectivity index (χ0n) is 28.7. The third-order valence-electron chi connectivity index (χ3n) is 8.36. The van der Waals surface area contributed by atoms with Crippen molar-refractivity contribution in [1.82, 2.24) is 0 Å². The first-order valence-corrected chi connectivity index (χ1v) is 17.4. The number of rotatable bonds is 20. The van der Waals surface area contributed by atoms with Gasteiger partial charge in [-0.05, 0) is 78.9 Å². The lowest BCUT2D eigenvalue weighted by atomic mass is 10.0. The van der Waals surface area contributed by atoms with Crippen LogP contribution in [0.3, 0.4) is 0 Å². The number of hydrogen-bond donors (Lipinski definition) is 0. The van der Waals surface area contributed by atoms with Crippen LogP contribution in [-0.4, -0.2) is 36.4 Å². The van der Waals surface area contributed by atoms with E-state index < -0.39 is 18.2 Å². The average Bonchev–Trinajstić information content (AvgIpc) is 3.45. The summed E-state index contributed by atoms with van der Waals surface area (Å²) < 4.78 is 28.7. The minimum absolute atomic E-state index is 0.292. The van der Waals surface area contributed by atoms with Crippen LogP contribution in [0, 0.1) is 0 Å². The Balaban J connectivity index is 1.31. The van der Waals surface area contributed by atoms with Crippen molar-refractivity contribution in [3.05, 3.63) is 103 Å². The normalized spacial score (nSPS) is 15.2. The minimum atomic E-state index is -0.679. The molecule has 8 nitrogen and oxygen atoms in total. The molecule has 3 aromatic carbocycles. The van der Waals surface area contributed by atoms with Crippen LogP contribution < -0.4 is 14.2 Å². The van der Waals surface area contributed by atoms with Gasteiger partial charge in [0.2, 0.25) is 6.29 Å². The van der Waals surface area contributed by atoms with Crippen LogP contribution in [0.5, 0.6) is 17.2 Å². The van der Waals surface area contributed by atoms with Crippen molar-refractivity contribution in [3.63, 3.8) is 0 Å². The Hall–Kier alpha value is -4.85. The molecule has 4 rings (SSSR count). The van der Waals surface area contributed by atoms with Gasteiger partial charge in [0.1, 0.15) is 29.5 Å². The van der Waals surface area contributed by atoms with Gasteiger partial charge >= 0.3 is 17.9 Å². The quantitative estimate of drug-likeness (QED) is 0.0386. The number of carbonyl (C=O) groups excluding carboxylic acids is 3. The summed E-state index contributed by atoms with van der Waals surface area (Å²) in [6.45, 7) is 11.6. The lowest BCUT2D eigenvalue weighted by Gasteiger charge is -2.24. The molecule has 0 bridgehead atoms. The summed E-state index contributed by atoms with van der Waals surface area (Å²) in [6, 6.07) is 21.6. The zero-order chi connectivity index (χ0) is 35.0. The van der Waals surface area contributed by atoms with Gasteiger partial charge < -0.3 is 23.7 Å². The molecule has 1 aliphatic rings. The molecule has 1 aliphatic heterocycles. The molecule has 3 aromatic rings. The molecule has 0 spiro atoms. The van der Waals surface area contributed by atoms with Crippen molar-refractivity contribution in [2.24, 2.45) is 0 Å². The Morgan fingerprint density at radius 2 is 1.33 bits per heavy atom. The molecule has 3 unspecified atom stereocenters. The first kappa shape index (κ1) is 37.0. The number of hydrogen-bond acceptors (Lipinski definition) is 8. The molecule has 0 aromatic heterocycles. The van der Waals surface area contributed by atoms with Crippen molar-refractivity contribution >= 4 is 17.9 Å². The monoisotopic (exact) mass is 668 g/mol. The Bertz CT molecular complexity index is 1510. The number of ether oxygens (including phenoxy) is 5. The van der Waals surface area contributed by atoms with Gasteiger partial charge in [-0.25, -0.2) is 14.4 Å². The Labute approximate surface area is 290 Å². The van der Waals surface area contributed by atoms with Crippen molar-refractivity contribution in [2.45, 2.75) is 103 Å². The van der Waals surface area contributed by atoms with E-state index >= 15 is 0 Å². The van der Waals surface area contributed by atoms with E-state index in [-0.39, 0.29) is 18.2 Å². The number of carbonyl (C=O) groups is 3. The van der Waals surface area contributed by atoms with Crippen LogP contribution in [0.1, 0.15) is 94.8 Å². The van der Waals surface area contributed by atoms with Crippen LogP contribution in [0.25, 0.3) is 11.1 Å². The van der Waals surface area contributed by atoms with Gasteiger partial charge in [-0.1, -0.05) is 89.8 Å². The highest BCUT2D eigenvalue weighted by Gasteiger charge is 2.35. The number of cyclic esters (lactones) is 1. The molecule has 260 valence electrons. The first-order valence-electron chi connectivity index (χ1n) is 17.4. The zero-order valence-corrected chi connectivity index (χ0v) is 28.7. The standard InChI is InChI=1S/C41H48O8/c1-5-8-10-11-13-14-36(37-28-29(4)40(43)48-37)45-33-26-20-32(21-27-33)41(44)47-35-24-18-31(19-25-35)30-16-22-34(23-17-30)46-39(15-12-9-6-2)49-38(42)7-3/h7,16-27,36-37,39H,3-6,8-15,28H2,1-2H3. The number of benzene rings is 3. The van der Waals surface area contributed by atoms with Crippen LogP contribution >= 0.6 is 0 Å². The lowest BCUT2D eigenvalue weighted by Crippen LogP contribution is -2.31. The summed E-state index contributed by atoms with van der Waals surface area (Å²) in [5.74, 6) is 0.234. The summed E-state index contributed by atoms with van der Waals surface area (Å²) in [6.07, 6.45) is 10.2. The summed E-state index contributed by atoms with van der Waals surface area (Å²) in [5, 5.41) is 0. The summed E-state index contributed by atoms with van der Waals surface area (Å²) in [7, 11) is 0. The van der Waals surface area contributed by atoms with Crippen molar-refractivity contribution in [1.29, 1.82) is 0 Å². The summed E-state index contributed by atoms with van der Waals surface area (Å²) >= 11 is 0. The molecule has 0 radical (unpaired) electrons. The van der Waals surface area contributed by atoms with Crippen molar-refractivity contribution in [2.75, 3.05) is 0 Å². The van der Waals surface area contributed by atoms with Gasteiger partial charge in [-0.3, -0.25) is 0 Å². The number of esters is 3. The van der Waals surface area contributed by atoms with Crippen LogP contribution in [0.2, 0.25) is 0 Å². The van der Waals surface area contributed by atoms with Crippen LogP contribution in [-0.2, 0) is 19.1 Å². The molecular formula is C41H48O8. The van der Waals surface area contributed by atoms with E-state index in [2.05, 4.69) is 27.0 Å². The van der Waals surface area contributed by atoms with E-state index in [0.717, 1.165) is 55.7 Å². The van der Waals surface area contributed by atoms with E-state index in [1.165, 1.54) is 19.3 Å². The highest BCUT2D eigenvalue weighted by molar-refractivity contribution is 5.91. The van der Waals surface area contributed by atoms with Gasteiger partial charge in [0, 0.05) is 24.5 Å². The molecule has 1 heterocycles. The smallest absolute Gasteiger partial charge is 0.343 e. The van der Waals surface area contributed by atoms with E-state index in [0.29, 0.717) is 41.2 Å². The second kappa shape index (κ2) is 19.2. The largest absolute Gasteiger partial charge is 0.487 e. The maximum atomic E-state index is 12.9. The average molecular weight is 669 g/mol. The third-order valence-corrected chi connectivity index (χ3v) is 8.36. The molecule has 1 fully saturated rings. The highest BCUT2D eigenvalue weighted by atomic mass is 16.7. The van der Waals surface area contributed by atoms with E-state index in [9.17, 15) is 14.4 Å². The van der Waals surface area contributed by atoms with E-state index in [1.807, 2.05) is 36.4 Å². The Morgan fingerprint density at radius 1 is 0.776 bits per heavy atom. The molecule has 3 atom stereocenters. The Morgan fingerprint density at radius 3 is 1.92 bits per heavy atom. The third kappa shape index (κ3) is 11.7. The second-order valence-corrected chi connectivity index (χ2v) is 12.3. The summed E-state index contributed by atoms with van der Waals surface area (Å²) in [5.41, 5.74) is 2.73. The van der Waals surface area contributed by atoms with Crippen molar-refractivity contribution in [3.8, 4) is 28.4 Å². The fourth-order valence-electron chi connectivity index (χ4n) is 5.55. The van der Waals surface area contributed by atoms with Gasteiger partial charge in [-0.15, -0.1) is 0 Å². The summed E-state index contributed by atoms with van der Waals surface area (Å²) in [4.78, 5) is 36.7. The molecule has 0 amide bonds. The highest BCUT2D eigenvalue weighted by Crippen LogP contribution is 2.29. The Kier molecular flexibility index (Phi) is 14.5. The molecule has 0 N–H and O–H groups in total. The molecule has 8 heteroatoms. The first-order chi connectivity index (χ1) is 23.8. The maximum absolute atomic E-state index is 12.9. The van der Waals surface area contributed by atoms with E-state index in [1.54, 1.807) is 36.4 Å². The van der Waals surface area contributed by atoms with Gasteiger partial charge in [0.05, 0.1) is 5.56 Å². The van der Waals surface area contributed by atoms with Crippen LogP contribution in [0.4, 0.5) is 0 Å². The predicted molar refractivity (Wildman–Crippen MR) is 190 cm³/mol. The predicted octanol–water partition coefficient (Wildman–Crippen LogP) is 9.57. The van der Waals surface area contributed by atoms with Gasteiger partial charge in [0.15, 0.2) is 0 Å². The fraction of sp³-hybridized carbons (Fsp3) is 0.390. The van der Waals surface area contributed by atoms with Crippen molar-refractivity contribution < 1.29 is 38.1 Å². The minimum Gasteiger partial charge on any atom is -0.487 e. The molecular weight excluding hydrogens is 620 g/mol. The molecule has 0 aliphatic carbocycles. The van der Waals surface area contributed by atoms with Gasteiger partial charge in [-0.2, -0.15) is 0 Å². The second-order valence-electron chi connectivity index (χ2n) is 12.3. The molecule has 1 saturated heterocycles. The fourth-order valence-corrected chi connectivity index (χ4v) is 5.55. The topological polar surface area (TPSA) is 97.4 Å². The maximum Gasteiger partial charge on any atom is 0.343 e. The lowest BCUT2D eigenvalue weighted by molar-refractivity contribution is -0.158. The van der Waals surface area contributed by atoms with E-state index in [4.69, 9.17) is 23.7 Å². The SMILES string of the molecule is C=CC(=O)OC(CCCCC)Oc1ccc(-c2ccc(OC(=O)c3ccc(OC(CCCCCCC)C4CC(=C)C(=O)O4)cc3)cc2)cc1. The molecule has 49 heavy (non-hydrogen) atoms. The van der Waals surface area contributed by atoms with Gasteiger partial charge in [0.25, 0.3) is 0 Å². The number of unbranched alkanes of at least 4 members (excludes halogenated alkanes) is 6. The van der Waals surface area contributed by atoms with Crippen LogP contribution in [0.15, 0.2) is 97.6 Å². The molecule has 0 saturated carbocycles.